The van der Waals surface area contributed by atoms with Gasteiger partial charge in [-0.15, -0.1) is 0 Å². The quantitative estimate of drug-likeness (QED) is 0.534. The van der Waals surface area contributed by atoms with Crippen LogP contribution in [0, 0.1) is 0 Å². The fourth-order valence-corrected chi connectivity index (χ4v) is 1.32. The Morgan fingerprint density at radius 1 is 1.89 bits per heavy atom. The molecule has 0 aromatic rings. The first kappa shape index (κ1) is 6.93. The summed E-state index contributed by atoms with van der Waals surface area (Å²) in [6, 6.07) is 0. The van der Waals surface area contributed by atoms with Gasteiger partial charge < -0.3 is 4.90 Å². The number of rotatable bonds is 1. The molecule has 0 aromatic heterocycles. The number of carbonyl (C=O) groups is 1. The van der Waals surface area contributed by atoms with Gasteiger partial charge in [-0.25, -0.2) is 0 Å². The van der Waals surface area contributed by atoms with Crippen molar-refractivity contribution in [1.82, 2.24) is 4.90 Å². The molecule has 0 N–H and O–H groups in total. The zero-order valence-corrected chi connectivity index (χ0v) is 6.40. The molecule has 1 unspecified atom stereocenters. The third-order valence-corrected chi connectivity index (χ3v) is 2.13. The first-order valence-electron chi connectivity index (χ1n) is 3.22. The summed E-state index contributed by atoms with van der Waals surface area (Å²) in [5.74, 6) is 0.195. The van der Waals surface area contributed by atoms with Crippen molar-refractivity contribution in [1.29, 1.82) is 0 Å². The standard InChI is InChI=1S/C6H11NOS/c1-2-7-4-3-5(9)6(7)8/h5,9H,2-4H2,1H3. The molecule has 0 saturated carbocycles. The summed E-state index contributed by atoms with van der Waals surface area (Å²) in [5.41, 5.74) is 0. The maximum atomic E-state index is 11.0. The van der Waals surface area contributed by atoms with Crippen LogP contribution < -0.4 is 0 Å². The monoisotopic (exact) mass is 145 g/mol. The summed E-state index contributed by atoms with van der Waals surface area (Å²) in [5, 5.41) is -0.0232. The number of carbonyl (C=O) groups excluding carboxylic acids is 1. The molecular formula is C6H11NOS. The van der Waals surface area contributed by atoms with Crippen LogP contribution in [0.1, 0.15) is 13.3 Å². The van der Waals surface area contributed by atoms with Gasteiger partial charge in [0.15, 0.2) is 0 Å². The number of hydrogen-bond acceptors (Lipinski definition) is 2. The van der Waals surface area contributed by atoms with Gasteiger partial charge in [-0.1, -0.05) is 0 Å². The molecule has 1 aliphatic rings. The van der Waals surface area contributed by atoms with Crippen LogP contribution in [0.25, 0.3) is 0 Å². The van der Waals surface area contributed by atoms with Crippen molar-refractivity contribution in [3.63, 3.8) is 0 Å². The van der Waals surface area contributed by atoms with E-state index < -0.39 is 0 Å². The van der Waals surface area contributed by atoms with Crippen LogP contribution in [0.5, 0.6) is 0 Å². The van der Waals surface area contributed by atoms with Crippen molar-refractivity contribution < 1.29 is 4.79 Å². The summed E-state index contributed by atoms with van der Waals surface area (Å²) < 4.78 is 0. The lowest BCUT2D eigenvalue weighted by molar-refractivity contribution is -0.127. The lowest BCUT2D eigenvalue weighted by Crippen LogP contribution is -2.26. The second kappa shape index (κ2) is 2.60. The maximum Gasteiger partial charge on any atom is 0.235 e. The van der Waals surface area contributed by atoms with Crippen molar-refractivity contribution in [3.05, 3.63) is 0 Å². The van der Waals surface area contributed by atoms with E-state index in [2.05, 4.69) is 12.6 Å². The molecule has 3 heteroatoms. The molecule has 1 atom stereocenters. The minimum Gasteiger partial charge on any atom is -0.342 e. The number of amides is 1. The minimum absolute atomic E-state index is 0.0232. The molecule has 9 heavy (non-hydrogen) atoms. The Balaban J connectivity index is 2.51. The van der Waals surface area contributed by atoms with E-state index in [-0.39, 0.29) is 11.2 Å². The molecule has 0 aromatic carbocycles. The van der Waals surface area contributed by atoms with Crippen LogP contribution in [0.4, 0.5) is 0 Å². The predicted octanol–water partition coefficient (Wildman–Crippen LogP) is 0.537. The van der Waals surface area contributed by atoms with E-state index in [1.54, 1.807) is 0 Å². The molecule has 1 rings (SSSR count). The third kappa shape index (κ3) is 1.21. The smallest absolute Gasteiger partial charge is 0.235 e. The normalized spacial score (nSPS) is 27.6. The molecule has 52 valence electrons. The zero-order chi connectivity index (χ0) is 6.85. The highest BCUT2D eigenvalue weighted by atomic mass is 32.1. The lowest BCUT2D eigenvalue weighted by atomic mass is 10.4. The lowest BCUT2D eigenvalue weighted by Gasteiger charge is -2.11. The molecule has 1 amide bonds. The fourth-order valence-electron chi connectivity index (χ4n) is 1.04. The van der Waals surface area contributed by atoms with E-state index in [0.29, 0.717) is 0 Å². The number of likely N-dealkylation sites (tertiary alicyclic amines) is 1. The number of thiol groups is 1. The van der Waals surface area contributed by atoms with E-state index in [4.69, 9.17) is 0 Å². The molecule has 1 heterocycles. The zero-order valence-electron chi connectivity index (χ0n) is 5.50. The Morgan fingerprint density at radius 3 is 2.78 bits per heavy atom. The summed E-state index contributed by atoms with van der Waals surface area (Å²) in [7, 11) is 0. The number of nitrogens with zero attached hydrogens (tertiary/aromatic N) is 1. The fraction of sp³-hybridized carbons (Fsp3) is 0.833. The molecule has 1 fully saturated rings. The van der Waals surface area contributed by atoms with E-state index in [1.165, 1.54) is 0 Å². The summed E-state index contributed by atoms with van der Waals surface area (Å²) in [6.45, 7) is 3.71. The second-order valence-corrected chi connectivity index (χ2v) is 2.85. The average Bonchev–Trinajstić information content (AvgIpc) is 2.15. The Labute approximate surface area is 60.6 Å². The van der Waals surface area contributed by atoms with Gasteiger partial charge in [-0.3, -0.25) is 4.79 Å². The van der Waals surface area contributed by atoms with Crippen LogP contribution in [-0.4, -0.2) is 29.1 Å². The van der Waals surface area contributed by atoms with Gasteiger partial charge in [0.2, 0.25) is 5.91 Å². The Kier molecular flexibility index (Phi) is 2.01. The van der Waals surface area contributed by atoms with Crippen molar-refractivity contribution in [2.24, 2.45) is 0 Å². The van der Waals surface area contributed by atoms with Gasteiger partial charge in [-0.2, -0.15) is 12.6 Å². The molecule has 0 aliphatic carbocycles. The maximum absolute atomic E-state index is 11.0. The number of hydrogen-bond donors (Lipinski definition) is 1. The van der Waals surface area contributed by atoms with Gasteiger partial charge in [0.1, 0.15) is 0 Å². The highest BCUT2D eigenvalue weighted by molar-refractivity contribution is 7.81. The topological polar surface area (TPSA) is 20.3 Å². The van der Waals surface area contributed by atoms with E-state index in [0.717, 1.165) is 19.5 Å². The van der Waals surface area contributed by atoms with Crippen LogP contribution in [-0.2, 0) is 4.79 Å². The van der Waals surface area contributed by atoms with Crippen molar-refractivity contribution >= 4 is 18.5 Å². The largest absolute Gasteiger partial charge is 0.342 e. The predicted molar refractivity (Wildman–Crippen MR) is 39.6 cm³/mol. The molecule has 2 nitrogen and oxygen atoms in total. The van der Waals surface area contributed by atoms with Crippen LogP contribution in [0.2, 0.25) is 0 Å². The summed E-state index contributed by atoms with van der Waals surface area (Å²) in [4.78, 5) is 12.8. The average molecular weight is 145 g/mol. The van der Waals surface area contributed by atoms with E-state index >= 15 is 0 Å². The first-order chi connectivity index (χ1) is 4.25. The van der Waals surface area contributed by atoms with E-state index in [1.807, 2.05) is 11.8 Å². The first-order valence-corrected chi connectivity index (χ1v) is 3.74. The minimum atomic E-state index is -0.0232. The van der Waals surface area contributed by atoms with Crippen LogP contribution in [0.3, 0.4) is 0 Å². The van der Waals surface area contributed by atoms with Gasteiger partial charge in [0, 0.05) is 13.1 Å². The van der Waals surface area contributed by atoms with Crippen molar-refractivity contribution in [3.8, 4) is 0 Å². The Hall–Kier alpha value is -0.180. The Morgan fingerprint density at radius 2 is 2.56 bits per heavy atom. The van der Waals surface area contributed by atoms with Gasteiger partial charge in [0.25, 0.3) is 0 Å². The van der Waals surface area contributed by atoms with Crippen LogP contribution in [0.15, 0.2) is 0 Å². The molecule has 1 saturated heterocycles. The Bertz CT molecular complexity index is 126. The van der Waals surface area contributed by atoms with Crippen molar-refractivity contribution in [2.75, 3.05) is 13.1 Å². The third-order valence-electron chi connectivity index (χ3n) is 1.65. The van der Waals surface area contributed by atoms with Gasteiger partial charge in [0.05, 0.1) is 5.25 Å². The molecule has 0 spiro atoms. The molecule has 0 bridgehead atoms. The summed E-state index contributed by atoms with van der Waals surface area (Å²) in [6.07, 6.45) is 0.912. The van der Waals surface area contributed by atoms with Crippen molar-refractivity contribution in [2.45, 2.75) is 18.6 Å². The SMILES string of the molecule is CCN1CCC(S)C1=O. The molecular weight excluding hydrogens is 134 g/mol. The van der Waals surface area contributed by atoms with Gasteiger partial charge >= 0.3 is 0 Å². The van der Waals surface area contributed by atoms with Crippen LogP contribution >= 0.6 is 12.6 Å². The van der Waals surface area contributed by atoms with E-state index in [9.17, 15) is 4.79 Å². The van der Waals surface area contributed by atoms with Gasteiger partial charge in [-0.05, 0) is 13.3 Å². The second-order valence-electron chi connectivity index (χ2n) is 2.22. The highest BCUT2D eigenvalue weighted by Crippen LogP contribution is 2.14. The molecule has 0 radical (unpaired) electrons. The summed E-state index contributed by atoms with van der Waals surface area (Å²) >= 11 is 4.11. The molecule has 1 aliphatic heterocycles. The highest BCUT2D eigenvalue weighted by Gasteiger charge is 2.26.